The van der Waals surface area contributed by atoms with Crippen LogP contribution in [0.1, 0.15) is 62.6 Å². The Bertz CT molecular complexity index is 824. The van der Waals surface area contributed by atoms with Gasteiger partial charge < -0.3 is 9.53 Å². The summed E-state index contributed by atoms with van der Waals surface area (Å²) in [5, 5.41) is 9.86. The van der Waals surface area contributed by atoms with Gasteiger partial charge in [-0.05, 0) is 60.2 Å². The number of carboxylic acids is 1. The molecule has 0 saturated carbocycles. The molecule has 4 nitrogen and oxygen atoms in total. The summed E-state index contributed by atoms with van der Waals surface area (Å²) in [6, 6.07) is 11.8. The number of rotatable bonds is 10. The average Bonchev–Trinajstić information content (AvgIpc) is 2.69. The van der Waals surface area contributed by atoms with E-state index in [1.165, 1.54) is 0 Å². The van der Waals surface area contributed by atoms with E-state index in [1.807, 2.05) is 48.7 Å². The SMILES string of the molecule is CC(C)(C)[Si](C)(C)OCc1ccc(C(CCCC=Cc2cccnc2)C(=O)O)cc1. The Labute approximate surface area is 182 Å². The monoisotopic (exact) mass is 425 g/mol. The third-order valence-electron chi connectivity index (χ3n) is 5.94. The first kappa shape index (κ1) is 24.0. The van der Waals surface area contributed by atoms with Gasteiger partial charge in [0, 0.05) is 12.4 Å². The minimum atomic E-state index is -1.80. The van der Waals surface area contributed by atoms with Crippen LogP contribution in [0.2, 0.25) is 18.1 Å². The van der Waals surface area contributed by atoms with Crippen LogP contribution in [-0.4, -0.2) is 24.4 Å². The Morgan fingerprint density at radius 1 is 1.20 bits per heavy atom. The summed E-state index contributed by atoms with van der Waals surface area (Å²) in [4.78, 5) is 15.9. The van der Waals surface area contributed by atoms with Crippen molar-refractivity contribution in [3.8, 4) is 0 Å². The molecule has 0 bridgehead atoms. The fraction of sp³-hybridized carbons (Fsp3) is 0.440. The molecule has 0 radical (unpaired) electrons. The minimum Gasteiger partial charge on any atom is -0.481 e. The number of unbranched alkanes of at least 4 members (excludes halogenated alkanes) is 1. The number of pyridine rings is 1. The van der Waals surface area contributed by atoms with Crippen LogP contribution in [0.15, 0.2) is 54.9 Å². The molecule has 0 spiro atoms. The molecule has 1 N–H and O–H groups in total. The number of nitrogens with zero attached hydrogens (tertiary/aromatic N) is 1. The minimum absolute atomic E-state index is 0.173. The lowest BCUT2D eigenvalue weighted by molar-refractivity contribution is -0.139. The third-order valence-corrected chi connectivity index (χ3v) is 10.4. The van der Waals surface area contributed by atoms with Crippen molar-refractivity contribution in [2.45, 2.75) is 70.7 Å². The number of carboxylic acid groups (broad SMARTS) is 1. The average molecular weight is 426 g/mol. The van der Waals surface area contributed by atoms with Crippen molar-refractivity contribution < 1.29 is 14.3 Å². The van der Waals surface area contributed by atoms with E-state index in [-0.39, 0.29) is 5.04 Å². The lowest BCUT2D eigenvalue weighted by Gasteiger charge is -2.36. The molecule has 1 heterocycles. The van der Waals surface area contributed by atoms with Crippen LogP contribution >= 0.6 is 0 Å². The first-order valence-corrected chi connectivity index (χ1v) is 13.5. The Morgan fingerprint density at radius 3 is 2.47 bits per heavy atom. The van der Waals surface area contributed by atoms with Crippen LogP contribution in [0.4, 0.5) is 0 Å². The zero-order valence-electron chi connectivity index (χ0n) is 18.9. The van der Waals surface area contributed by atoms with E-state index >= 15 is 0 Å². The van der Waals surface area contributed by atoms with Gasteiger partial charge in [0.05, 0.1) is 12.5 Å². The van der Waals surface area contributed by atoms with Crippen molar-refractivity contribution in [3.63, 3.8) is 0 Å². The zero-order chi connectivity index (χ0) is 22.2. The first-order chi connectivity index (χ1) is 14.1. The van der Waals surface area contributed by atoms with Gasteiger partial charge in [-0.2, -0.15) is 0 Å². The van der Waals surface area contributed by atoms with Crippen LogP contribution < -0.4 is 0 Å². The van der Waals surface area contributed by atoms with E-state index in [0.29, 0.717) is 13.0 Å². The van der Waals surface area contributed by atoms with E-state index in [9.17, 15) is 9.90 Å². The van der Waals surface area contributed by atoms with Gasteiger partial charge in [0.25, 0.3) is 0 Å². The van der Waals surface area contributed by atoms with E-state index in [2.05, 4.69) is 44.9 Å². The highest BCUT2D eigenvalue weighted by Gasteiger charge is 2.37. The maximum absolute atomic E-state index is 11.8. The van der Waals surface area contributed by atoms with E-state index in [1.54, 1.807) is 6.20 Å². The van der Waals surface area contributed by atoms with Crippen LogP contribution in [-0.2, 0) is 15.8 Å². The maximum Gasteiger partial charge on any atom is 0.310 e. The standard InChI is InChI=1S/C25H35NO3Si/c1-25(2,3)30(4,5)29-19-21-13-15-22(16-14-21)23(24(27)28)12-8-6-7-10-20-11-9-17-26-18-20/h7,9-11,13-18,23H,6,8,12,19H2,1-5H3,(H,27,28). The summed E-state index contributed by atoms with van der Waals surface area (Å²) in [6.07, 6.45) is 9.96. The molecule has 1 atom stereocenters. The maximum atomic E-state index is 11.8. The second-order valence-electron chi connectivity index (χ2n) is 9.30. The number of hydrogen-bond acceptors (Lipinski definition) is 3. The Kier molecular flexibility index (Phi) is 8.56. The van der Waals surface area contributed by atoms with E-state index in [4.69, 9.17) is 4.43 Å². The van der Waals surface area contributed by atoms with Crippen molar-refractivity contribution in [1.82, 2.24) is 4.98 Å². The fourth-order valence-corrected chi connectivity index (χ4v) is 3.85. The molecule has 0 aliphatic heterocycles. The summed E-state index contributed by atoms with van der Waals surface area (Å²) in [7, 11) is -1.80. The van der Waals surface area contributed by atoms with Crippen LogP contribution in [0.3, 0.4) is 0 Å². The number of allylic oxidation sites excluding steroid dienone is 1. The van der Waals surface area contributed by atoms with Crippen LogP contribution in [0.5, 0.6) is 0 Å². The Hall–Kier alpha value is -2.24. The summed E-state index contributed by atoms with van der Waals surface area (Å²) in [6.45, 7) is 11.7. The van der Waals surface area contributed by atoms with Gasteiger partial charge in [-0.15, -0.1) is 0 Å². The smallest absolute Gasteiger partial charge is 0.310 e. The predicted octanol–water partition coefficient (Wildman–Crippen LogP) is 6.66. The van der Waals surface area contributed by atoms with Crippen molar-refractivity contribution in [2.24, 2.45) is 0 Å². The van der Waals surface area contributed by atoms with Crippen molar-refractivity contribution in [1.29, 1.82) is 0 Å². The largest absolute Gasteiger partial charge is 0.481 e. The molecule has 1 aromatic carbocycles. The molecular formula is C25H35NO3Si. The molecular weight excluding hydrogens is 390 g/mol. The normalized spacial score (nSPS) is 13.5. The molecule has 1 unspecified atom stereocenters. The van der Waals surface area contributed by atoms with E-state index in [0.717, 1.165) is 29.5 Å². The third kappa shape index (κ3) is 7.22. The Morgan fingerprint density at radius 2 is 1.90 bits per heavy atom. The number of aliphatic carboxylic acids is 1. The molecule has 0 fully saturated rings. The molecule has 2 aromatic rings. The molecule has 0 amide bonds. The summed E-state index contributed by atoms with van der Waals surface area (Å²) in [5.41, 5.74) is 3.00. The van der Waals surface area contributed by atoms with E-state index < -0.39 is 20.2 Å². The Balaban J connectivity index is 1.90. The highest BCUT2D eigenvalue weighted by atomic mass is 28.4. The van der Waals surface area contributed by atoms with Crippen LogP contribution in [0.25, 0.3) is 6.08 Å². The number of carbonyl (C=O) groups is 1. The molecule has 1 aromatic heterocycles. The summed E-state index contributed by atoms with van der Waals surface area (Å²) >= 11 is 0. The lowest BCUT2D eigenvalue weighted by Crippen LogP contribution is -2.40. The molecule has 0 saturated heterocycles. The second kappa shape index (κ2) is 10.7. The molecule has 0 aliphatic carbocycles. The summed E-state index contributed by atoms with van der Waals surface area (Å²) in [5.74, 6) is -1.25. The molecule has 2 rings (SSSR count). The van der Waals surface area contributed by atoms with Gasteiger partial charge >= 0.3 is 5.97 Å². The highest BCUT2D eigenvalue weighted by molar-refractivity contribution is 6.74. The van der Waals surface area contributed by atoms with Gasteiger partial charge in [-0.1, -0.05) is 63.3 Å². The van der Waals surface area contributed by atoms with Gasteiger partial charge in [-0.25, -0.2) is 0 Å². The number of benzene rings is 1. The number of hydrogen-bond donors (Lipinski definition) is 1. The molecule has 0 aliphatic rings. The summed E-state index contributed by atoms with van der Waals surface area (Å²) < 4.78 is 6.27. The highest BCUT2D eigenvalue weighted by Crippen LogP contribution is 2.37. The van der Waals surface area contributed by atoms with Gasteiger partial charge in [0.1, 0.15) is 0 Å². The molecule has 5 heteroatoms. The number of aromatic nitrogens is 1. The molecule has 162 valence electrons. The zero-order valence-corrected chi connectivity index (χ0v) is 19.9. The molecule has 30 heavy (non-hydrogen) atoms. The quantitative estimate of drug-likeness (QED) is 0.342. The lowest BCUT2D eigenvalue weighted by atomic mass is 9.93. The van der Waals surface area contributed by atoms with Crippen LogP contribution in [0, 0.1) is 0 Å². The predicted molar refractivity (Wildman–Crippen MR) is 126 cm³/mol. The van der Waals surface area contributed by atoms with Gasteiger partial charge in [-0.3, -0.25) is 9.78 Å². The topological polar surface area (TPSA) is 59.4 Å². The second-order valence-corrected chi connectivity index (χ2v) is 14.1. The van der Waals surface area contributed by atoms with Gasteiger partial charge in [0.2, 0.25) is 0 Å². The van der Waals surface area contributed by atoms with Gasteiger partial charge in [0.15, 0.2) is 8.32 Å². The first-order valence-electron chi connectivity index (χ1n) is 10.6. The van der Waals surface area contributed by atoms with Crippen molar-refractivity contribution in [3.05, 3.63) is 71.6 Å². The van der Waals surface area contributed by atoms with Crippen molar-refractivity contribution >= 4 is 20.4 Å². The van der Waals surface area contributed by atoms with Crippen molar-refractivity contribution in [2.75, 3.05) is 0 Å². The fourth-order valence-electron chi connectivity index (χ4n) is 2.89.